The lowest BCUT2D eigenvalue weighted by Crippen LogP contribution is -2.19. The van der Waals surface area contributed by atoms with Crippen molar-refractivity contribution in [2.45, 2.75) is 26.7 Å². The van der Waals surface area contributed by atoms with Gasteiger partial charge in [0.25, 0.3) is 0 Å². The Morgan fingerprint density at radius 3 is 1.88 bits per heavy atom. The van der Waals surface area contributed by atoms with Crippen molar-refractivity contribution in [3.8, 4) is 0 Å². The summed E-state index contributed by atoms with van der Waals surface area (Å²) in [5, 5.41) is 0. The summed E-state index contributed by atoms with van der Waals surface area (Å²) in [5.74, 6) is -1.43. The third-order valence-electron chi connectivity index (χ3n) is 2.46. The lowest BCUT2D eigenvalue weighted by atomic mass is 9.87. The van der Waals surface area contributed by atoms with Gasteiger partial charge in [0.15, 0.2) is 5.78 Å². The molecule has 0 saturated heterocycles. The summed E-state index contributed by atoms with van der Waals surface area (Å²) in [6, 6.07) is 6.74. The molecule has 0 saturated carbocycles. The molecule has 16 heavy (non-hydrogen) atoms. The molecule has 0 amide bonds. The largest absolute Gasteiger partial charge is 0.299 e. The van der Waals surface area contributed by atoms with Gasteiger partial charge < -0.3 is 0 Å². The van der Waals surface area contributed by atoms with E-state index in [1.165, 1.54) is 20.8 Å². The van der Waals surface area contributed by atoms with E-state index in [1.807, 2.05) is 0 Å². The van der Waals surface area contributed by atoms with Crippen molar-refractivity contribution in [1.82, 2.24) is 0 Å². The molecule has 0 aliphatic rings. The zero-order chi connectivity index (χ0) is 12.3. The number of Topliss-reactive ketones (excluding diaryl/α,β-unsaturated/α-hetero) is 3. The monoisotopic (exact) mass is 218 g/mol. The van der Waals surface area contributed by atoms with Crippen LogP contribution in [-0.4, -0.2) is 17.3 Å². The molecule has 1 aromatic rings. The summed E-state index contributed by atoms with van der Waals surface area (Å²) in [6.45, 7) is 4.15. The van der Waals surface area contributed by atoms with E-state index in [0.29, 0.717) is 11.1 Å². The molecule has 0 N–H and O–H groups in total. The SMILES string of the molecule is CC(=O)c1ccccc1C(C(C)=O)C(C)=O. The summed E-state index contributed by atoms with van der Waals surface area (Å²) in [4.78, 5) is 34.3. The number of benzene rings is 1. The van der Waals surface area contributed by atoms with Crippen LogP contribution < -0.4 is 0 Å². The van der Waals surface area contributed by atoms with Crippen LogP contribution in [0.1, 0.15) is 42.6 Å². The van der Waals surface area contributed by atoms with E-state index in [0.717, 1.165) is 0 Å². The molecule has 0 bridgehead atoms. The number of carbonyl (C=O) groups excluding carboxylic acids is 3. The van der Waals surface area contributed by atoms with Gasteiger partial charge in [-0.05, 0) is 26.3 Å². The van der Waals surface area contributed by atoms with E-state index in [1.54, 1.807) is 24.3 Å². The highest BCUT2D eigenvalue weighted by Gasteiger charge is 2.25. The van der Waals surface area contributed by atoms with Crippen molar-refractivity contribution in [2.75, 3.05) is 0 Å². The maximum Gasteiger partial charge on any atom is 0.160 e. The Labute approximate surface area is 94.5 Å². The molecule has 1 rings (SSSR count). The van der Waals surface area contributed by atoms with Gasteiger partial charge in [0.1, 0.15) is 17.5 Å². The first-order valence-corrected chi connectivity index (χ1v) is 5.06. The van der Waals surface area contributed by atoms with Crippen LogP contribution in [0.15, 0.2) is 24.3 Å². The van der Waals surface area contributed by atoms with E-state index in [4.69, 9.17) is 0 Å². The highest BCUT2D eigenvalue weighted by atomic mass is 16.1. The van der Waals surface area contributed by atoms with Crippen LogP contribution in [0.2, 0.25) is 0 Å². The average Bonchev–Trinajstić information content (AvgIpc) is 2.17. The van der Waals surface area contributed by atoms with Crippen LogP contribution in [0.25, 0.3) is 0 Å². The summed E-state index contributed by atoms with van der Waals surface area (Å²) >= 11 is 0. The minimum atomic E-state index is -0.819. The highest BCUT2D eigenvalue weighted by Crippen LogP contribution is 2.22. The van der Waals surface area contributed by atoms with Crippen LogP contribution in [0.4, 0.5) is 0 Å². The van der Waals surface area contributed by atoms with E-state index in [-0.39, 0.29) is 17.3 Å². The number of carbonyl (C=O) groups is 3. The molecule has 0 heterocycles. The maximum atomic E-state index is 11.4. The molecule has 0 aliphatic carbocycles. The molecule has 3 heteroatoms. The molecule has 84 valence electrons. The molecule has 0 atom stereocenters. The first-order valence-electron chi connectivity index (χ1n) is 5.06. The predicted octanol–water partition coefficient (Wildman–Crippen LogP) is 2.15. The van der Waals surface area contributed by atoms with Crippen LogP contribution >= 0.6 is 0 Å². The van der Waals surface area contributed by atoms with Crippen molar-refractivity contribution in [2.24, 2.45) is 0 Å². The van der Waals surface area contributed by atoms with Gasteiger partial charge in [0.05, 0.1) is 0 Å². The molecule has 0 aliphatic heterocycles. The Morgan fingerprint density at radius 1 is 0.938 bits per heavy atom. The van der Waals surface area contributed by atoms with Gasteiger partial charge in [0, 0.05) is 5.56 Å². The fraction of sp³-hybridized carbons (Fsp3) is 0.308. The van der Waals surface area contributed by atoms with Crippen LogP contribution in [0, 0.1) is 0 Å². The number of hydrogen-bond donors (Lipinski definition) is 0. The molecule has 0 aromatic heterocycles. The molecule has 0 unspecified atom stereocenters. The van der Waals surface area contributed by atoms with Gasteiger partial charge in [-0.2, -0.15) is 0 Å². The van der Waals surface area contributed by atoms with Gasteiger partial charge in [-0.3, -0.25) is 14.4 Å². The first-order chi connectivity index (χ1) is 7.45. The standard InChI is InChI=1S/C13H14O3/c1-8(14)11-6-4-5-7-12(11)13(9(2)15)10(3)16/h4-7,13H,1-3H3. The van der Waals surface area contributed by atoms with E-state index in [9.17, 15) is 14.4 Å². The van der Waals surface area contributed by atoms with E-state index >= 15 is 0 Å². The van der Waals surface area contributed by atoms with E-state index < -0.39 is 5.92 Å². The second-order valence-electron chi connectivity index (χ2n) is 3.80. The molecule has 0 spiro atoms. The summed E-state index contributed by atoms with van der Waals surface area (Å²) in [5.41, 5.74) is 0.952. The summed E-state index contributed by atoms with van der Waals surface area (Å²) in [6.07, 6.45) is 0. The normalized spacial score (nSPS) is 10.2. The van der Waals surface area contributed by atoms with Crippen LogP contribution in [-0.2, 0) is 9.59 Å². The second-order valence-corrected chi connectivity index (χ2v) is 3.80. The number of hydrogen-bond acceptors (Lipinski definition) is 3. The van der Waals surface area contributed by atoms with Crippen molar-refractivity contribution in [3.05, 3.63) is 35.4 Å². The van der Waals surface area contributed by atoms with Crippen LogP contribution in [0.3, 0.4) is 0 Å². The Balaban J connectivity index is 3.35. The molecule has 1 aromatic carbocycles. The van der Waals surface area contributed by atoms with Gasteiger partial charge >= 0.3 is 0 Å². The average molecular weight is 218 g/mol. The third-order valence-corrected chi connectivity index (χ3v) is 2.46. The van der Waals surface area contributed by atoms with Crippen molar-refractivity contribution >= 4 is 17.3 Å². The highest BCUT2D eigenvalue weighted by molar-refractivity contribution is 6.08. The quantitative estimate of drug-likeness (QED) is 0.574. The second kappa shape index (κ2) is 4.84. The summed E-state index contributed by atoms with van der Waals surface area (Å²) < 4.78 is 0. The number of rotatable bonds is 4. The minimum absolute atomic E-state index is 0.136. The fourth-order valence-electron chi connectivity index (χ4n) is 1.79. The van der Waals surface area contributed by atoms with Gasteiger partial charge in [0.2, 0.25) is 0 Å². The van der Waals surface area contributed by atoms with Gasteiger partial charge in [-0.25, -0.2) is 0 Å². The zero-order valence-electron chi connectivity index (χ0n) is 9.61. The molecular formula is C13H14O3. The summed E-state index contributed by atoms with van der Waals surface area (Å²) in [7, 11) is 0. The Bertz CT molecular complexity index is 432. The smallest absolute Gasteiger partial charge is 0.160 e. The number of ketones is 3. The predicted molar refractivity (Wildman–Crippen MR) is 60.5 cm³/mol. The Morgan fingerprint density at radius 2 is 1.44 bits per heavy atom. The van der Waals surface area contributed by atoms with Gasteiger partial charge in [-0.1, -0.05) is 24.3 Å². The van der Waals surface area contributed by atoms with Crippen molar-refractivity contribution in [1.29, 1.82) is 0 Å². The topological polar surface area (TPSA) is 51.2 Å². The van der Waals surface area contributed by atoms with Gasteiger partial charge in [-0.15, -0.1) is 0 Å². The lowest BCUT2D eigenvalue weighted by molar-refractivity contribution is -0.126. The molecule has 0 fully saturated rings. The van der Waals surface area contributed by atoms with Crippen LogP contribution in [0.5, 0.6) is 0 Å². The maximum absolute atomic E-state index is 11.4. The Hall–Kier alpha value is -1.77. The first kappa shape index (κ1) is 12.3. The van der Waals surface area contributed by atoms with E-state index in [2.05, 4.69) is 0 Å². The van der Waals surface area contributed by atoms with Crippen molar-refractivity contribution < 1.29 is 14.4 Å². The fourth-order valence-corrected chi connectivity index (χ4v) is 1.79. The minimum Gasteiger partial charge on any atom is -0.299 e. The molecule has 0 radical (unpaired) electrons. The molecular weight excluding hydrogens is 204 g/mol. The third kappa shape index (κ3) is 2.42. The lowest BCUT2D eigenvalue weighted by Gasteiger charge is -2.13. The van der Waals surface area contributed by atoms with Crippen molar-refractivity contribution in [3.63, 3.8) is 0 Å². The Kier molecular flexibility index (Phi) is 3.72. The zero-order valence-corrected chi connectivity index (χ0v) is 9.61. The molecule has 3 nitrogen and oxygen atoms in total.